The number of sulfonamides is 1. The Morgan fingerprint density at radius 1 is 1.29 bits per heavy atom. The van der Waals surface area contributed by atoms with E-state index in [1.54, 1.807) is 0 Å². The van der Waals surface area contributed by atoms with Crippen LogP contribution in [0.2, 0.25) is 0 Å². The summed E-state index contributed by atoms with van der Waals surface area (Å²) in [6.45, 7) is 2.81. The number of hydrogen-bond donors (Lipinski definition) is 2. The summed E-state index contributed by atoms with van der Waals surface area (Å²) in [5.41, 5.74) is 0.276. The van der Waals surface area contributed by atoms with Crippen molar-refractivity contribution in [1.29, 1.82) is 0 Å². The highest BCUT2D eigenvalue weighted by Gasteiger charge is 2.39. The highest BCUT2D eigenvalue weighted by Crippen LogP contribution is 2.26. The topological polar surface area (TPSA) is 104 Å². The summed E-state index contributed by atoms with van der Waals surface area (Å²) >= 11 is 0. The molecule has 2 unspecified atom stereocenters. The molecule has 96 valence electrons. The fraction of sp³-hybridized carbons (Fsp3) is 0.667. The van der Waals surface area contributed by atoms with Crippen molar-refractivity contribution < 1.29 is 23.2 Å². The van der Waals surface area contributed by atoms with Crippen molar-refractivity contribution in [2.45, 2.75) is 31.0 Å². The standard InChI is InChI=1S/C9H14N2O5S/c1-5-9(6(2)16-10-5)17(14,15)11-3-7(12)8(13)4-11/h7-8,12-13H,3-4H2,1-2H3. The molecule has 7 nitrogen and oxygen atoms in total. The predicted molar refractivity (Wildman–Crippen MR) is 56.7 cm³/mol. The minimum absolute atomic E-state index is 0.0128. The molecule has 8 heteroatoms. The van der Waals surface area contributed by atoms with Gasteiger partial charge < -0.3 is 14.7 Å². The molecule has 1 aliphatic rings. The van der Waals surface area contributed by atoms with Gasteiger partial charge in [0.2, 0.25) is 10.0 Å². The Balaban J connectivity index is 2.39. The van der Waals surface area contributed by atoms with Crippen LogP contribution in [0.1, 0.15) is 11.5 Å². The van der Waals surface area contributed by atoms with E-state index in [0.717, 1.165) is 4.31 Å². The first-order valence-electron chi connectivity index (χ1n) is 5.13. The second kappa shape index (κ2) is 4.05. The number of rotatable bonds is 2. The molecule has 0 saturated carbocycles. The largest absolute Gasteiger partial charge is 0.389 e. The van der Waals surface area contributed by atoms with Gasteiger partial charge in [-0.15, -0.1) is 0 Å². The van der Waals surface area contributed by atoms with E-state index < -0.39 is 22.2 Å². The van der Waals surface area contributed by atoms with Crippen LogP contribution in [-0.2, 0) is 10.0 Å². The maximum absolute atomic E-state index is 12.2. The molecule has 1 fully saturated rings. The lowest BCUT2D eigenvalue weighted by Gasteiger charge is -2.14. The van der Waals surface area contributed by atoms with Crippen LogP contribution in [0.25, 0.3) is 0 Å². The van der Waals surface area contributed by atoms with Crippen LogP contribution in [0.4, 0.5) is 0 Å². The van der Waals surface area contributed by atoms with Gasteiger partial charge in [-0.05, 0) is 13.8 Å². The molecular weight excluding hydrogens is 248 g/mol. The average molecular weight is 262 g/mol. The van der Waals surface area contributed by atoms with Crippen LogP contribution in [0.3, 0.4) is 0 Å². The van der Waals surface area contributed by atoms with Crippen LogP contribution in [-0.4, -0.2) is 53.4 Å². The quantitative estimate of drug-likeness (QED) is 0.709. The van der Waals surface area contributed by atoms with Gasteiger partial charge in [-0.25, -0.2) is 8.42 Å². The van der Waals surface area contributed by atoms with E-state index in [1.165, 1.54) is 13.8 Å². The van der Waals surface area contributed by atoms with Gasteiger partial charge in [-0.1, -0.05) is 5.16 Å². The number of nitrogens with zero attached hydrogens (tertiary/aromatic N) is 2. The van der Waals surface area contributed by atoms with Crippen LogP contribution in [0.5, 0.6) is 0 Å². The zero-order valence-corrected chi connectivity index (χ0v) is 10.3. The zero-order chi connectivity index (χ0) is 12.8. The van der Waals surface area contributed by atoms with E-state index in [-0.39, 0.29) is 29.4 Å². The summed E-state index contributed by atoms with van der Waals surface area (Å²) in [6, 6.07) is 0. The summed E-state index contributed by atoms with van der Waals surface area (Å²) in [5.74, 6) is 0.207. The van der Waals surface area contributed by atoms with E-state index in [9.17, 15) is 18.6 Å². The van der Waals surface area contributed by atoms with E-state index in [0.29, 0.717) is 0 Å². The smallest absolute Gasteiger partial charge is 0.248 e. The van der Waals surface area contributed by atoms with Gasteiger partial charge in [0.1, 0.15) is 10.6 Å². The first-order chi connectivity index (χ1) is 7.84. The summed E-state index contributed by atoms with van der Waals surface area (Å²) in [6.07, 6.45) is -2.10. The molecule has 2 rings (SSSR count). The first kappa shape index (κ1) is 12.5. The second-order valence-electron chi connectivity index (χ2n) is 4.11. The summed E-state index contributed by atoms with van der Waals surface area (Å²) in [7, 11) is -3.77. The van der Waals surface area contributed by atoms with Crippen molar-refractivity contribution in [3.63, 3.8) is 0 Å². The van der Waals surface area contributed by atoms with Crippen LogP contribution in [0.15, 0.2) is 9.42 Å². The Morgan fingerprint density at radius 2 is 1.82 bits per heavy atom. The Bertz CT molecular complexity index is 494. The Labute approximate surface area is 98.7 Å². The fourth-order valence-corrected chi connectivity index (χ4v) is 3.67. The van der Waals surface area contributed by atoms with E-state index in [4.69, 9.17) is 4.52 Å². The molecular formula is C9H14N2O5S. The molecule has 1 aromatic heterocycles. The Hall–Kier alpha value is -0.960. The Morgan fingerprint density at radius 3 is 2.24 bits per heavy atom. The van der Waals surface area contributed by atoms with Gasteiger partial charge in [0, 0.05) is 13.1 Å². The normalized spacial score (nSPS) is 26.6. The SMILES string of the molecule is Cc1noc(C)c1S(=O)(=O)N1CC(O)C(O)C1. The monoisotopic (exact) mass is 262 g/mol. The zero-order valence-electron chi connectivity index (χ0n) is 9.49. The van der Waals surface area contributed by atoms with Crippen molar-refractivity contribution in [2.75, 3.05) is 13.1 Å². The van der Waals surface area contributed by atoms with Gasteiger partial charge in [0.05, 0.1) is 12.2 Å². The van der Waals surface area contributed by atoms with Crippen molar-refractivity contribution in [1.82, 2.24) is 9.46 Å². The Kier molecular flexibility index (Phi) is 2.98. The van der Waals surface area contributed by atoms with E-state index in [1.807, 2.05) is 0 Å². The lowest BCUT2D eigenvalue weighted by Crippen LogP contribution is -2.30. The third-order valence-corrected chi connectivity index (χ3v) is 4.87. The molecule has 0 spiro atoms. The maximum Gasteiger partial charge on any atom is 0.248 e. The lowest BCUT2D eigenvalue weighted by molar-refractivity contribution is 0.0572. The number of hydrogen-bond acceptors (Lipinski definition) is 6. The molecule has 0 aromatic carbocycles. The molecule has 17 heavy (non-hydrogen) atoms. The number of β-amino-alcohol motifs (C(OH)–C–C–N with tert-alkyl or cyclic N) is 2. The van der Waals surface area contributed by atoms with Crippen molar-refractivity contribution in [3.05, 3.63) is 11.5 Å². The van der Waals surface area contributed by atoms with Crippen molar-refractivity contribution in [3.8, 4) is 0 Å². The highest BCUT2D eigenvalue weighted by molar-refractivity contribution is 7.89. The predicted octanol–water partition coefficient (Wildman–Crippen LogP) is -0.982. The number of aryl methyl sites for hydroxylation is 2. The molecule has 2 N–H and O–H groups in total. The summed E-state index contributed by atoms with van der Waals surface area (Å²) in [4.78, 5) is 0.0128. The number of aliphatic hydroxyl groups is 2. The van der Waals surface area contributed by atoms with Crippen LogP contribution < -0.4 is 0 Å². The molecule has 0 aliphatic carbocycles. The van der Waals surface area contributed by atoms with Crippen LogP contribution >= 0.6 is 0 Å². The minimum atomic E-state index is -3.77. The van der Waals surface area contributed by atoms with Crippen molar-refractivity contribution in [2.24, 2.45) is 0 Å². The maximum atomic E-state index is 12.2. The number of aliphatic hydroxyl groups excluding tert-OH is 2. The van der Waals surface area contributed by atoms with Gasteiger partial charge in [-0.2, -0.15) is 4.31 Å². The molecule has 0 amide bonds. The summed E-state index contributed by atoms with van der Waals surface area (Å²) < 4.78 is 30.3. The number of aromatic nitrogens is 1. The first-order valence-corrected chi connectivity index (χ1v) is 6.57. The van der Waals surface area contributed by atoms with Gasteiger partial charge in [0.15, 0.2) is 5.76 Å². The molecule has 0 radical (unpaired) electrons. The molecule has 1 aliphatic heterocycles. The third-order valence-electron chi connectivity index (χ3n) is 2.79. The molecule has 2 heterocycles. The van der Waals surface area contributed by atoms with Gasteiger partial charge >= 0.3 is 0 Å². The van der Waals surface area contributed by atoms with Crippen molar-refractivity contribution >= 4 is 10.0 Å². The van der Waals surface area contributed by atoms with Gasteiger partial charge in [-0.3, -0.25) is 0 Å². The molecule has 1 saturated heterocycles. The van der Waals surface area contributed by atoms with Crippen LogP contribution in [0, 0.1) is 13.8 Å². The second-order valence-corrected chi connectivity index (χ2v) is 5.98. The van der Waals surface area contributed by atoms with Gasteiger partial charge in [0.25, 0.3) is 0 Å². The molecule has 0 bridgehead atoms. The highest BCUT2D eigenvalue weighted by atomic mass is 32.2. The minimum Gasteiger partial charge on any atom is -0.389 e. The average Bonchev–Trinajstić information content (AvgIpc) is 2.72. The van der Waals surface area contributed by atoms with E-state index in [2.05, 4.69) is 5.16 Å². The lowest BCUT2D eigenvalue weighted by atomic mass is 10.3. The molecule has 2 atom stereocenters. The molecule has 1 aromatic rings. The fourth-order valence-electron chi connectivity index (χ4n) is 1.90. The summed E-state index contributed by atoms with van der Waals surface area (Å²) in [5, 5.41) is 22.3. The third kappa shape index (κ3) is 1.97. The van der Waals surface area contributed by atoms with E-state index >= 15 is 0 Å².